The Bertz CT molecular complexity index is 1690. The number of nitro benzene ring substituents is 1. The minimum atomic E-state index is -1.20. The molecule has 198 valence electrons. The lowest BCUT2D eigenvalue weighted by molar-refractivity contribution is -0.385. The number of aromatic hydroxyl groups is 1. The van der Waals surface area contributed by atoms with Crippen LogP contribution in [0.4, 0.5) is 20.2 Å². The van der Waals surface area contributed by atoms with Crippen molar-refractivity contribution in [1.82, 2.24) is 9.78 Å². The second kappa shape index (κ2) is 9.63. The first-order valence-electron chi connectivity index (χ1n) is 11.8. The third-order valence-corrected chi connectivity index (χ3v) is 6.66. The van der Waals surface area contributed by atoms with Gasteiger partial charge in [-0.15, -0.1) is 0 Å². The largest absolute Gasteiger partial charge is 0.508 e. The number of phenolic OH excluding ortho intramolecular Hbond substituents is 1. The molecule has 5 rings (SSSR count). The molecule has 0 aliphatic carbocycles. The van der Waals surface area contributed by atoms with Crippen LogP contribution in [0.1, 0.15) is 29.7 Å². The number of benzene rings is 3. The Labute approximate surface area is 219 Å². The Morgan fingerprint density at radius 1 is 0.974 bits per heavy atom. The number of hydrazone groups is 1. The van der Waals surface area contributed by atoms with E-state index in [9.17, 15) is 33.6 Å². The van der Waals surface area contributed by atoms with E-state index in [1.165, 1.54) is 48.5 Å². The first-order chi connectivity index (χ1) is 18.6. The number of nitro groups is 1. The summed E-state index contributed by atoms with van der Waals surface area (Å²) in [6.45, 7) is 3.15. The topological polar surface area (TPSA) is 134 Å². The van der Waals surface area contributed by atoms with Gasteiger partial charge in [0.05, 0.1) is 22.2 Å². The van der Waals surface area contributed by atoms with Crippen LogP contribution in [-0.4, -0.2) is 31.4 Å². The van der Waals surface area contributed by atoms with Gasteiger partial charge < -0.3 is 5.11 Å². The van der Waals surface area contributed by atoms with Gasteiger partial charge >= 0.3 is 0 Å². The second-order valence-electron chi connectivity index (χ2n) is 9.09. The summed E-state index contributed by atoms with van der Waals surface area (Å²) in [6, 6.07) is 13.6. The molecule has 2 N–H and O–H groups in total. The predicted octanol–water partition coefficient (Wildman–Crippen LogP) is 4.54. The first-order valence-corrected chi connectivity index (χ1v) is 11.8. The summed E-state index contributed by atoms with van der Waals surface area (Å²) in [6.07, 6.45) is 0. The molecular weight excluding hydrogens is 512 g/mol. The number of H-pyrrole nitrogens is 1. The standard InChI is InChI=1S/C27H21F2N5O5/c1-14-23(26(36)32(30-14)18-7-3-16(28)4-8-18)25(21-13-20(34(38)39)11-12-22(21)35)24-15(2)31-33(27(24)37)19-9-5-17(29)6-10-19/h3-13,23,25,31,35H,1-2H3/t23-,25+/m0/s1. The van der Waals surface area contributed by atoms with E-state index in [-0.39, 0.29) is 34.0 Å². The molecule has 1 aliphatic rings. The summed E-state index contributed by atoms with van der Waals surface area (Å²) < 4.78 is 28.2. The minimum Gasteiger partial charge on any atom is -0.508 e. The smallest absolute Gasteiger partial charge is 0.275 e. The van der Waals surface area contributed by atoms with Crippen LogP contribution in [0.3, 0.4) is 0 Å². The molecule has 12 heteroatoms. The number of halogens is 2. The number of rotatable bonds is 6. The molecule has 3 aromatic carbocycles. The van der Waals surface area contributed by atoms with E-state index in [1.54, 1.807) is 13.8 Å². The van der Waals surface area contributed by atoms with Gasteiger partial charge in [0.25, 0.3) is 17.2 Å². The van der Waals surface area contributed by atoms with Gasteiger partial charge in [-0.25, -0.2) is 18.5 Å². The predicted molar refractivity (Wildman–Crippen MR) is 138 cm³/mol. The number of phenols is 1. The summed E-state index contributed by atoms with van der Waals surface area (Å²) in [7, 11) is 0. The van der Waals surface area contributed by atoms with E-state index in [4.69, 9.17) is 0 Å². The fraction of sp³-hybridized carbons (Fsp3) is 0.148. The van der Waals surface area contributed by atoms with Gasteiger partial charge in [-0.3, -0.25) is 24.8 Å². The van der Waals surface area contributed by atoms with Crippen LogP contribution in [0.5, 0.6) is 5.75 Å². The van der Waals surface area contributed by atoms with Crippen LogP contribution >= 0.6 is 0 Å². The molecule has 2 atom stereocenters. The molecule has 0 radical (unpaired) electrons. The van der Waals surface area contributed by atoms with Crippen LogP contribution in [0.2, 0.25) is 0 Å². The molecule has 39 heavy (non-hydrogen) atoms. The molecule has 1 aromatic heterocycles. The minimum absolute atomic E-state index is 0.0245. The van der Waals surface area contributed by atoms with Crippen molar-refractivity contribution in [2.75, 3.05) is 5.01 Å². The fourth-order valence-electron chi connectivity index (χ4n) is 4.83. The number of non-ortho nitro benzene ring substituents is 1. The molecule has 1 amide bonds. The zero-order chi connectivity index (χ0) is 28.0. The van der Waals surface area contributed by atoms with Gasteiger partial charge in [0.15, 0.2) is 0 Å². The highest BCUT2D eigenvalue weighted by Gasteiger charge is 2.45. The number of hydrogen-bond donors (Lipinski definition) is 2. The van der Waals surface area contributed by atoms with E-state index in [0.29, 0.717) is 11.4 Å². The second-order valence-corrected chi connectivity index (χ2v) is 9.09. The van der Waals surface area contributed by atoms with Crippen molar-refractivity contribution < 1.29 is 23.6 Å². The molecule has 2 heterocycles. The van der Waals surface area contributed by atoms with Crippen molar-refractivity contribution in [1.29, 1.82) is 0 Å². The Morgan fingerprint density at radius 2 is 1.56 bits per heavy atom. The van der Waals surface area contributed by atoms with E-state index in [1.807, 2.05) is 0 Å². The van der Waals surface area contributed by atoms with E-state index < -0.39 is 39.9 Å². The Balaban J connectivity index is 1.71. The lowest BCUT2D eigenvalue weighted by Crippen LogP contribution is -2.34. The average Bonchev–Trinajstić information content (AvgIpc) is 3.36. The van der Waals surface area contributed by atoms with Crippen LogP contribution in [0.15, 0.2) is 76.6 Å². The summed E-state index contributed by atoms with van der Waals surface area (Å²) in [5.41, 5.74) is 0.266. The van der Waals surface area contributed by atoms with Crippen molar-refractivity contribution in [3.8, 4) is 11.4 Å². The Kier molecular flexibility index (Phi) is 6.30. The highest BCUT2D eigenvalue weighted by molar-refractivity contribution is 6.15. The lowest BCUT2D eigenvalue weighted by atomic mass is 9.78. The van der Waals surface area contributed by atoms with Crippen LogP contribution in [-0.2, 0) is 4.79 Å². The summed E-state index contributed by atoms with van der Waals surface area (Å²) in [5, 5.41) is 30.8. The van der Waals surface area contributed by atoms with Crippen molar-refractivity contribution in [3.05, 3.63) is 116 Å². The van der Waals surface area contributed by atoms with Crippen LogP contribution < -0.4 is 10.6 Å². The van der Waals surface area contributed by atoms with Crippen molar-refractivity contribution in [3.63, 3.8) is 0 Å². The molecular formula is C27H21F2N5O5. The number of carbonyl (C=O) groups is 1. The molecule has 10 nitrogen and oxygen atoms in total. The number of nitrogens with zero attached hydrogens (tertiary/aromatic N) is 4. The maximum Gasteiger partial charge on any atom is 0.275 e. The molecule has 0 spiro atoms. The highest BCUT2D eigenvalue weighted by Crippen LogP contribution is 2.42. The molecule has 0 fully saturated rings. The average molecular weight is 533 g/mol. The van der Waals surface area contributed by atoms with Crippen molar-refractivity contribution in [2.24, 2.45) is 11.0 Å². The number of aromatic nitrogens is 2. The Morgan fingerprint density at radius 3 is 2.15 bits per heavy atom. The van der Waals surface area contributed by atoms with Gasteiger partial charge in [0.1, 0.15) is 17.4 Å². The summed E-state index contributed by atoms with van der Waals surface area (Å²) in [5.74, 6) is -4.29. The maximum atomic E-state index is 13.8. The first kappa shape index (κ1) is 25.5. The number of hydrogen-bond acceptors (Lipinski definition) is 6. The number of anilines is 1. The third kappa shape index (κ3) is 4.45. The number of aryl methyl sites for hydroxylation is 1. The highest BCUT2D eigenvalue weighted by atomic mass is 19.1. The summed E-state index contributed by atoms with van der Waals surface area (Å²) >= 11 is 0. The molecule has 0 unspecified atom stereocenters. The van der Waals surface area contributed by atoms with Gasteiger partial charge in [-0.05, 0) is 68.4 Å². The zero-order valence-corrected chi connectivity index (χ0v) is 20.6. The lowest BCUT2D eigenvalue weighted by Gasteiger charge is -2.24. The third-order valence-electron chi connectivity index (χ3n) is 6.66. The molecule has 1 aliphatic heterocycles. The van der Waals surface area contributed by atoms with Crippen molar-refractivity contribution in [2.45, 2.75) is 19.8 Å². The van der Waals surface area contributed by atoms with E-state index in [0.717, 1.165) is 27.9 Å². The normalized spacial score (nSPS) is 15.9. The van der Waals surface area contributed by atoms with Gasteiger partial charge in [-0.1, -0.05) is 0 Å². The fourth-order valence-corrected chi connectivity index (χ4v) is 4.83. The zero-order valence-electron chi connectivity index (χ0n) is 20.6. The Hall–Kier alpha value is -5.13. The van der Waals surface area contributed by atoms with Gasteiger partial charge in [-0.2, -0.15) is 5.10 Å². The van der Waals surface area contributed by atoms with Crippen LogP contribution in [0, 0.1) is 34.6 Å². The SMILES string of the molecule is CC1=NN(c2ccc(F)cc2)C(=O)[C@@H]1[C@@H](c1cc([N+](=O)[O-])ccc1O)c1c(C)[nH]n(-c2ccc(F)cc2)c1=O. The number of nitrogens with one attached hydrogen (secondary N) is 1. The monoisotopic (exact) mass is 533 g/mol. The number of aromatic amines is 1. The molecule has 0 saturated heterocycles. The summed E-state index contributed by atoms with van der Waals surface area (Å²) in [4.78, 5) is 38.5. The molecule has 0 bridgehead atoms. The van der Waals surface area contributed by atoms with Crippen LogP contribution in [0.25, 0.3) is 5.69 Å². The van der Waals surface area contributed by atoms with Gasteiger partial charge in [0, 0.05) is 40.6 Å². The molecule has 0 saturated carbocycles. The quantitative estimate of drug-likeness (QED) is 0.277. The molecule has 4 aromatic rings. The number of carbonyl (C=O) groups excluding carboxylic acids is 1. The van der Waals surface area contributed by atoms with Crippen molar-refractivity contribution >= 4 is 23.0 Å². The van der Waals surface area contributed by atoms with Gasteiger partial charge in [0.2, 0.25) is 0 Å². The number of amides is 1. The van der Waals surface area contributed by atoms with E-state index in [2.05, 4.69) is 10.2 Å². The maximum absolute atomic E-state index is 13.8. The van der Waals surface area contributed by atoms with E-state index >= 15 is 0 Å².